The fourth-order valence-electron chi connectivity index (χ4n) is 2.71. The Labute approximate surface area is 134 Å². The number of aryl methyl sites for hydroxylation is 1. The monoisotopic (exact) mass is 315 g/mol. The van der Waals surface area contributed by atoms with E-state index in [2.05, 4.69) is 46.7 Å². The molecule has 0 aliphatic carbocycles. The number of hydrogen-bond acceptors (Lipinski definition) is 4. The molecule has 116 valence electrons. The van der Waals surface area contributed by atoms with Crippen LogP contribution in [0.15, 0.2) is 41.8 Å². The van der Waals surface area contributed by atoms with Crippen molar-refractivity contribution >= 4 is 17.2 Å². The fourth-order valence-corrected chi connectivity index (χ4v) is 3.62. The molecule has 1 aromatic carbocycles. The second kappa shape index (κ2) is 7.05. The van der Waals surface area contributed by atoms with E-state index < -0.39 is 0 Å². The number of nitrogens with one attached hydrogen (secondary N) is 3. The average Bonchev–Trinajstić information content (AvgIpc) is 3.18. The van der Waals surface area contributed by atoms with Gasteiger partial charge in [-0.05, 0) is 42.3 Å². The summed E-state index contributed by atoms with van der Waals surface area (Å²) >= 11 is 1.75. The summed E-state index contributed by atoms with van der Waals surface area (Å²) in [4.78, 5) is 13.6. The minimum Gasteiger partial charge on any atom is -0.354 e. The lowest BCUT2D eigenvalue weighted by atomic mass is 10.0. The van der Waals surface area contributed by atoms with Crippen LogP contribution in [0.4, 0.5) is 0 Å². The van der Waals surface area contributed by atoms with Crippen molar-refractivity contribution in [2.24, 2.45) is 0 Å². The highest BCUT2D eigenvalue weighted by molar-refractivity contribution is 7.10. The molecule has 1 aliphatic heterocycles. The van der Waals surface area contributed by atoms with Crippen LogP contribution in [-0.4, -0.2) is 18.5 Å². The summed E-state index contributed by atoms with van der Waals surface area (Å²) in [5.41, 5.74) is 8.83. The Hall–Kier alpha value is -1.69. The first kappa shape index (κ1) is 15.2. The van der Waals surface area contributed by atoms with Gasteiger partial charge in [-0.1, -0.05) is 30.3 Å². The summed E-state index contributed by atoms with van der Waals surface area (Å²) in [6.45, 7) is 2.80. The van der Waals surface area contributed by atoms with Crippen molar-refractivity contribution in [3.63, 3.8) is 0 Å². The van der Waals surface area contributed by atoms with Crippen LogP contribution in [0, 0.1) is 6.92 Å². The summed E-state index contributed by atoms with van der Waals surface area (Å²) in [7, 11) is 0. The van der Waals surface area contributed by atoms with E-state index in [0.29, 0.717) is 6.54 Å². The van der Waals surface area contributed by atoms with E-state index in [0.717, 1.165) is 12.8 Å². The van der Waals surface area contributed by atoms with Gasteiger partial charge in [-0.3, -0.25) is 4.79 Å². The molecule has 1 saturated heterocycles. The van der Waals surface area contributed by atoms with Crippen molar-refractivity contribution in [2.45, 2.75) is 31.8 Å². The molecular formula is C17H21N3OS. The lowest BCUT2D eigenvalue weighted by molar-refractivity contribution is -0.122. The smallest absolute Gasteiger partial charge is 0.238 e. The van der Waals surface area contributed by atoms with Gasteiger partial charge in [0, 0.05) is 17.5 Å². The van der Waals surface area contributed by atoms with E-state index >= 15 is 0 Å². The Morgan fingerprint density at radius 2 is 2.09 bits per heavy atom. The van der Waals surface area contributed by atoms with Gasteiger partial charge in [0.05, 0.1) is 0 Å². The molecule has 2 unspecified atom stereocenters. The number of amides is 1. The quantitative estimate of drug-likeness (QED) is 0.794. The SMILES string of the molecule is Cc1ccsc1CCNC(=O)C1CC(c2ccccc2)NN1. The molecule has 1 aliphatic rings. The van der Waals surface area contributed by atoms with E-state index in [1.165, 1.54) is 16.0 Å². The zero-order valence-electron chi connectivity index (χ0n) is 12.6. The van der Waals surface area contributed by atoms with Crippen molar-refractivity contribution < 1.29 is 4.79 Å². The molecule has 22 heavy (non-hydrogen) atoms. The van der Waals surface area contributed by atoms with E-state index in [1.807, 2.05) is 18.2 Å². The first-order chi connectivity index (χ1) is 10.7. The number of hydrogen-bond donors (Lipinski definition) is 3. The highest BCUT2D eigenvalue weighted by Gasteiger charge is 2.29. The second-order valence-electron chi connectivity index (χ2n) is 5.61. The third-order valence-corrected chi connectivity index (χ3v) is 5.12. The zero-order valence-corrected chi connectivity index (χ0v) is 13.5. The summed E-state index contributed by atoms with van der Waals surface area (Å²) in [5, 5.41) is 5.12. The van der Waals surface area contributed by atoms with Crippen molar-refractivity contribution in [3.8, 4) is 0 Å². The van der Waals surface area contributed by atoms with Gasteiger partial charge < -0.3 is 5.32 Å². The van der Waals surface area contributed by atoms with Crippen molar-refractivity contribution in [3.05, 3.63) is 57.8 Å². The fraction of sp³-hybridized carbons (Fsp3) is 0.353. The van der Waals surface area contributed by atoms with Gasteiger partial charge in [-0.2, -0.15) is 0 Å². The topological polar surface area (TPSA) is 53.2 Å². The van der Waals surface area contributed by atoms with Crippen LogP contribution >= 0.6 is 11.3 Å². The standard InChI is InChI=1S/C17H21N3OS/c1-12-8-10-22-16(12)7-9-18-17(21)15-11-14(19-20-15)13-5-3-2-4-6-13/h2-6,8,10,14-15,19-20H,7,9,11H2,1H3,(H,18,21). The van der Waals surface area contributed by atoms with Crippen LogP contribution in [0.1, 0.15) is 28.5 Å². The zero-order chi connectivity index (χ0) is 15.4. The van der Waals surface area contributed by atoms with Gasteiger partial charge in [0.25, 0.3) is 0 Å². The highest BCUT2D eigenvalue weighted by Crippen LogP contribution is 2.21. The summed E-state index contributed by atoms with van der Waals surface area (Å²) in [6, 6.07) is 12.4. The number of thiophene rings is 1. The van der Waals surface area contributed by atoms with E-state index in [9.17, 15) is 4.79 Å². The minimum atomic E-state index is -0.172. The van der Waals surface area contributed by atoms with Crippen LogP contribution in [0.2, 0.25) is 0 Å². The molecule has 0 spiro atoms. The minimum absolute atomic E-state index is 0.0696. The van der Waals surface area contributed by atoms with E-state index in [4.69, 9.17) is 0 Å². The number of carbonyl (C=O) groups is 1. The maximum Gasteiger partial charge on any atom is 0.238 e. The predicted molar refractivity (Wildman–Crippen MR) is 89.6 cm³/mol. The number of carbonyl (C=O) groups excluding carboxylic acids is 1. The van der Waals surface area contributed by atoms with Crippen LogP contribution in [0.3, 0.4) is 0 Å². The molecule has 5 heteroatoms. The number of hydrazine groups is 1. The van der Waals surface area contributed by atoms with E-state index in [1.54, 1.807) is 11.3 Å². The first-order valence-electron chi connectivity index (χ1n) is 7.60. The lowest BCUT2D eigenvalue weighted by Gasteiger charge is -2.10. The number of rotatable bonds is 5. The third kappa shape index (κ3) is 3.55. The highest BCUT2D eigenvalue weighted by atomic mass is 32.1. The molecule has 1 fully saturated rings. The predicted octanol–water partition coefficient (Wildman–Crippen LogP) is 2.32. The Bertz CT molecular complexity index is 626. The molecule has 4 nitrogen and oxygen atoms in total. The second-order valence-corrected chi connectivity index (χ2v) is 6.61. The molecule has 0 bridgehead atoms. The number of benzene rings is 1. The summed E-state index contributed by atoms with van der Waals surface area (Å²) in [6.07, 6.45) is 1.67. The molecule has 3 rings (SSSR count). The molecule has 1 amide bonds. The maximum atomic E-state index is 12.2. The van der Waals surface area contributed by atoms with Gasteiger partial charge in [0.2, 0.25) is 5.91 Å². The normalized spacial score (nSPS) is 21.0. The Balaban J connectivity index is 1.46. The molecule has 3 N–H and O–H groups in total. The van der Waals surface area contributed by atoms with E-state index in [-0.39, 0.29) is 18.0 Å². The maximum absolute atomic E-state index is 12.2. The lowest BCUT2D eigenvalue weighted by Crippen LogP contribution is -2.43. The Morgan fingerprint density at radius 3 is 2.82 bits per heavy atom. The summed E-state index contributed by atoms with van der Waals surface area (Å²) in [5.74, 6) is 0.0696. The van der Waals surface area contributed by atoms with Crippen molar-refractivity contribution in [2.75, 3.05) is 6.54 Å². The molecule has 0 saturated carbocycles. The Morgan fingerprint density at radius 1 is 1.27 bits per heavy atom. The molecule has 2 atom stereocenters. The van der Waals surface area contributed by atoms with Crippen molar-refractivity contribution in [1.82, 2.24) is 16.2 Å². The third-order valence-electron chi connectivity index (χ3n) is 4.04. The van der Waals surface area contributed by atoms with Gasteiger partial charge in [0.15, 0.2) is 0 Å². The first-order valence-corrected chi connectivity index (χ1v) is 8.48. The molecule has 0 radical (unpaired) electrons. The molecular weight excluding hydrogens is 294 g/mol. The van der Waals surface area contributed by atoms with Gasteiger partial charge in [-0.25, -0.2) is 10.9 Å². The molecule has 2 heterocycles. The van der Waals surface area contributed by atoms with Crippen LogP contribution in [0.5, 0.6) is 0 Å². The van der Waals surface area contributed by atoms with Crippen LogP contribution in [0.25, 0.3) is 0 Å². The average molecular weight is 315 g/mol. The Kier molecular flexibility index (Phi) is 4.87. The largest absolute Gasteiger partial charge is 0.354 e. The van der Waals surface area contributed by atoms with Crippen LogP contribution < -0.4 is 16.2 Å². The summed E-state index contributed by atoms with van der Waals surface area (Å²) < 4.78 is 0. The van der Waals surface area contributed by atoms with Crippen molar-refractivity contribution in [1.29, 1.82) is 0 Å². The van der Waals surface area contributed by atoms with Gasteiger partial charge in [-0.15, -0.1) is 11.3 Å². The molecule has 2 aromatic rings. The molecule has 1 aromatic heterocycles. The van der Waals surface area contributed by atoms with Gasteiger partial charge in [0.1, 0.15) is 6.04 Å². The van der Waals surface area contributed by atoms with Crippen LogP contribution in [-0.2, 0) is 11.2 Å². The van der Waals surface area contributed by atoms with Gasteiger partial charge >= 0.3 is 0 Å².